The first-order valence-corrected chi connectivity index (χ1v) is 8.40. The van der Waals surface area contributed by atoms with Crippen molar-refractivity contribution in [1.82, 2.24) is 9.78 Å². The summed E-state index contributed by atoms with van der Waals surface area (Å²) in [6.07, 6.45) is 10.8. The second kappa shape index (κ2) is 5.90. The van der Waals surface area contributed by atoms with E-state index in [2.05, 4.69) is 5.10 Å². The van der Waals surface area contributed by atoms with E-state index >= 15 is 0 Å². The highest BCUT2D eigenvalue weighted by Gasteiger charge is 2.45. The lowest BCUT2D eigenvalue weighted by molar-refractivity contribution is -0.0444. The van der Waals surface area contributed by atoms with E-state index in [0.717, 1.165) is 31.4 Å². The number of halogens is 1. The van der Waals surface area contributed by atoms with Gasteiger partial charge in [-0.05, 0) is 43.9 Å². The predicted molar refractivity (Wildman–Crippen MR) is 82.4 cm³/mol. The molecular weight excluding hydrogens is 288 g/mol. The number of aromatic nitrogens is 2. The van der Waals surface area contributed by atoms with Gasteiger partial charge in [0.1, 0.15) is 5.60 Å². The van der Waals surface area contributed by atoms with Gasteiger partial charge < -0.3 is 9.84 Å². The molecule has 0 atom stereocenters. The molecule has 2 aliphatic rings. The summed E-state index contributed by atoms with van der Waals surface area (Å²) in [6.45, 7) is 1.21. The third-order valence-electron chi connectivity index (χ3n) is 5.54. The van der Waals surface area contributed by atoms with E-state index in [0.29, 0.717) is 23.6 Å². The normalized spacial score (nSPS) is 23.8. The Morgan fingerprint density at radius 3 is 2.52 bits per heavy atom. The molecule has 0 aliphatic heterocycles. The zero-order chi connectivity index (χ0) is 14.9. The Labute approximate surface area is 131 Å². The molecule has 0 unspecified atom stereocenters. The van der Waals surface area contributed by atoms with Crippen LogP contribution in [0.4, 0.5) is 0 Å². The summed E-state index contributed by atoms with van der Waals surface area (Å²) in [5.41, 5.74) is 0.458. The van der Waals surface area contributed by atoms with Gasteiger partial charge in [-0.3, -0.25) is 4.68 Å². The van der Waals surface area contributed by atoms with Gasteiger partial charge in [0.15, 0.2) is 0 Å². The van der Waals surface area contributed by atoms with Gasteiger partial charge in [0, 0.05) is 7.11 Å². The molecule has 1 aromatic rings. The second-order valence-electron chi connectivity index (χ2n) is 6.80. The molecule has 2 fully saturated rings. The zero-order valence-electron chi connectivity index (χ0n) is 12.8. The lowest BCUT2D eigenvalue weighted by atomic mass is 9.67. The van der Waals surface area contributed by atoms with Gasteiger partial charge in [0.2, 0.25) is 0 Å². The Balaban J connectivity index is 1.78. The molecule has 1 N–H and O–H groups in total. The second-order valence-corrected chi connectivity index (χ2v) is 7.20. The van der Waals surface area contributed by atoms with Crippen molar-refractivity contribution in [1.29, 1.82) is 0 Å². The molecule has 118 valence electrons. The maximum absolute atomic E-state index is 11.2. The Morgan fingerprint density at radius 1 is 1.24 bits per heavy atom. The number of hydrogen-bond acceptors (Lipinski definition) is 3. The number of methoxy groups -OCH3 is 1. The van der Waals surface area contributed by atoms with Crippen LogP contribution in [0.25, 0.3) is 0 Å². The maximum atomic E-state index is 11.2. The average molecular weight is 313 g/mol. The van der Waals surface area contributed by atoms with Crippen molar-refractivity contribution in [3.8, 4) is 0 Å². The van der Waals surface area contributed by atoms with Crippen LogP contribution in [0.5, 0.6) is 0 Å². The number of rotatable bonds is 4. The van der Waals surface area contributed by atoms with Crippen LogP contribution in [0.15, 0.2) is 6.20 Å². The lowest BCUT2D eigenvalue weighted by Gasteiger charge is -2.42. The lowest BCUT2D eigenvalue weighted by Crippen LogP contribution is -2.38. The van der Waals surface area contributed by atoms with E-state index in [1.807, 2.05) is 4.68 Å². The van der Waals surface area contributed by atoms with Crippen LogP contribution in [-0.2, 0) is 16.9 Å². The van der Waals surface area contributed by atoms with Crippen LogP contribution in [0.1, 0.15) is 57.1 Å². The number of nitrogens with zero attached hydrogens (tertiary/aromatic N) is 2. The van der Waals surface area contributed by atoms with Crippen LogP contribution < -0.4 is 0 Å². The molecule has 2 saturated carbocycles. The molecule has 4 nitrogen and oxygen atoms in total. The Kier molecular flexibility index (Phi) is 4.30. The molecule has 1 heterocycles. The highest BCUT2D eigenvalue weighted by Crippen LogP contribution is 2.54. The third kappa shape index (κ3) is 2.86. The summed E-state index contributed by atoms with van der Waals surface area (Å²) < 4.78 is 6.94. The molecule has 1 aromatic heterocycles. The van der Waals surface area contributed by atoms with Crippen molar-refractivity contribution in [2.45, 2.75) is 63.5 Å². The quantitative estimate of drug-likeness (QED) is 0.925. The minimum absolute atomic E-state index is 0.496. The summed E-state index contributed by atoms with van der Waals surface area (Å²) in [5.74, 6) is 0. The Bertz CT molecular complexity index is 484. The van der Waals surface area contributed by atoms with E-state index in [9.17, 15) is 5.11 Å². The highest BCUT2D eigenvalue weighted by molar-refractivity contribution is 6.31. The minimum atomic E-state index is -0.824. The molecule has 0 bridgehead atoms. The van der Waals surface area contributed by atoms with Gasteiger partial charge in [-0.1, -0.05) is 24.4 Å². The highest BCUT2D eigenvalue weighted by atomic mass is 35.5. The van der Waals surface area contributed by atoms with Gasteiger partial charge in [-0.15, -0.1) is 0 Å². The van der Waals surface area contributed by atoms with E-state index in [1.165, 1.54) is 25.7 Å². The number of ether oxygens (including phenoxy) is 1. The molecule has 0 radical (unpaired) electrons. The molecule has 0 aromatic carbocycles. The SMILES string of the molecule is COCCn1ncc(Cl)c1C1(O)CCC2(CCCC2)CC1. The Hall–Kier alpha value is -0.580. The molecule has 2 aliphatic carbocycles. The molecule has 1 spiro atoms. The molecule has 21 heavy (non-hydrogen) atoms. The third-order valence-corrected chi connectivity index (χ3v) is 5.82. The first-order chi connectivity index (χ1) is 10.1. The van der Waals surface area contributed by atoms with Crippen molar-refractivity contribution in [2.24, 2.45) is 5.41 Å². The van der Waals surface area contributed by atoms with Crippen molar-refractivity contribution < 1.29 is 9.84 Å². The molecule has 0 amide bonds. The average Bonchev–Trinajstić information content (AvgIpc) is 3.08. The van der Waals surface area contributed by atoms with E-state index in [1.54, 1.807) is 13.3 Å². The van der Waals surface area contributed by atoms with Crippen LogP contribution in [0.2, 0.25) is 5.02 Å². The zero-order valence-corrected chi connectivity index (χ0v) is 13.5. The maximum Gasteiger partial charge on any atom is 0.108 e. The van der Waals surface area contributed by atoms with Crippen LogP contribution >= 0.6 is 11.6 Å². The van der Waals surface area contributed by atoms with Crippen molar-refractivity contribution in [3.05, 3.63) is 16.9 Å². The summed E-state index contributed by atoms with van der Waals surface area (Å²) in [7, 11) is 1.67. The first kappa shape index (κ1) is 15.3. The van der Waals surface area contributed by atoms with Crippen molar-refractivity contribution >= 4 is 11.6 Å². The van der Waals surface area contributed by atoms with Crippen LogP contribution in [-0.4, -0.2) is 28.6 Å². The van der Waals surface area contributed by atoms with Crippen molar-refractivity contribution in [3.63, 3.8) is 0 Å². The van der Waals surface area contributed by atoms with Gasteiger partial charge in [-0.2, -0.15) is 5.10 Å². The van der Waals surface area contributed by atoms with E-state index in [-0.39, 0.29) is 0 Å². The Morgan fingerprint density at radius 2 is 1.90 bits per heavy atom. The fourth-order valence-corrected chi connectivity index (χ4v) is 4.55. The summed E-state index contributed by atoms with van der Waals surface area (Å²) in [5, 5.41) is 16.0. The topological polar surface area (TPSA) is 47.3 Å². The van der Waals surface area contributed by atoms with Gasteiger partial charge >= 0.3 is 0 Å². The fraction of sp³-hybridized carbons (Fsp3) is 0.812. The van der Waals surface area contributed by atoms with Crippen molar-refractivity contribution in [2.75, 3.05) is 13.7 Å². The molecule has 3 rings (SSSR count). The molecule has 5 heteroatoms. The first-order valence-electron chi connectivity index (χ1n) is 8.02. The predicted octanol–water partition coefficient (Wildman–Crippen LogP) is 3.50. The summed E-state index contributed by atoms with van der Waals surface area (Å²) in [6, 6.07) is 0. The van der Waals surface area contributed by atoms with Crippen LogP contribution in [0, 0.1) is 5.41 Å². The summed E-state index contributed by atoms with van der Waals surface area (Å²) in [4.78, 5) is 0. The number of aliphatic hydroxyl groups is 1. The van der Waals surface area contributed by atoms with Crippen LogP contribution in [0.3, 0.4) is 0 Å². The monoisotopic (exact) mass is 312 g/mol. The molecular formula is C16H25ClN2O2. The van der Waals surface area contributed by atoms with E-state index in [4.69, 9.17) is 16.3 Å². The summed E-state index contributed by atoms with van der Waals surface area (Å²) >= 11 is 6.31. The fourth-order valence-electron chi connectivity index (χ4n) is 4.23. The smallest absolute Gasteiger partial charge is 0.108 e. The van der Waals surface area contributed by atoms with Gasteiger partial charge in [-0.25, -0.2) is 0 Å². The largest absolute Gasteiger partial charge is 0.384 e. The standard InChI is InChI=1S/C16H25ClN2O2/c1-21-11-10-19-14(13(17)12-18-19)16(20)8-6-15(7-9-16)4-2-3-5-15/h12,20H,2-11H2,1H3. The van der Waals surface area contributed by atoms with E-state index < -0.39 is 5.60 Å². The number of hydrogen-bond donors (Lipinski definition) is 1. The van der Waals surface area contributed by atoms with Gasteiger partial charge in [0.25, 0.3) is 0 Å². The van der Waals surface area contributed by atoms with Gasteiger partial charge in [0.05, 0.1) is 30.1 Å². The minimum Gasteiger partial charge on any atom is -0.384 e. The molecule has 0 saturated heterocycles.